The van der Waals surface area contributed by atoms with Crippen molar-refractivity contribution in [1.29, 1.82) is 0 Å². The van der Waals surface area contributed by atoms with Crippen molar-refractivity contribution in [1.82, 2.24) is 26.6 Å². The van der Waals surface area contributed by atoms with Crippen LogP contribution in [0.3, 0.4) is 0 Å². The number of carbonyl (C=O) groups excluding carboxylic acids is 5. The average molecular weight is 499 g/mol. The minimum absolute atomic E-state index is 0.0569. The highest BCUT2D eigenvalue weighted by Crippen LogP contribution is 2.33. The van der Waals surface area contributed by atoms with Gasteiger partial charge in [-0.25, -0.2) is 14.4 Å². The highest BCUT2D eigenvalue weighted by molar-refractivity contribution is 5.89. The highest BCUT2D eigenvalue weighted by atomic mass is 16.6. The molecule has 0 bridgehead atoms. The van der Waals surface area contributed by atoms with Gasteiger partial charge in [-0.3, -0.25) is 9.59 Å². The van der Waals surface area contributed by atoms with E-state index in [1.807, 2.05) is 6.92 Å². The highest BCUT2D eigenvalue weighted by Gasteiger charge is 2.53. The first-order valence-electron chi connectivity index (χ1n) is 11.0. The number of primary amides is 1. The van der Waals surface area contributed by atoms with Crippen LogP contribution in [0.4, 0.5) is 14.4 Å². The summed E-state index contributed by atoms with van der Waals surface area (Å²) in [5.74, 6) is -1.82. The van der Waals surface area contributed by atoms with Gasteiger partial charge in [-0.15, -0.1) is 13.2 Å². The Morgan fingerprint density at radius 1 is 1.00 bits per heavy atom. The Morgan fingerprint density at radius 2 is 1.60 bits per heavy atom. The summed E-state index contributed by atoms with van der Waals surface area (Å²) in [7, 11) is 0. The van der Waals surface area contributed by atoms with Crippen molar-refractivity contribution in [2.75, 3.05) is 26.2 Å². The van der Waals surface area contributed by atoms with Gasteiger partial charge in [0, 0.05) is 32.5 Å². The summed E-state index contributed by atoms with van der Waals surface area (Å²) in [4.78, 5) is 60.7. The van der Waals surface area contributed by atoms with E-state index < -0.39 is 73.3 Å². The van der Waals surface area contributed by atoms with Crippen LogP contribution < -0.4 is 32.3 Å². The van der Waals surface area contributed by atoms with Gasteiger partial charge >= 0.3 is 18.2 Å². The van der Waals surface area contributed by atoms with Crippen molar-refractivity contribution in [2.45, 2.75) is 50.0 Å². The maximum atomic E-state index is 12.7. The molecule has 14 nitrogen and oxygen atoms in total. The summed E-state index contributed by atoms with van der Waals surface area (Å²) in [5, 5.41) is 23.2. The third-order valence-electron chi connectivity index (χ3n) is 4.84. The molecule has 6 amide bonds. The van der Waals surface area contributed by atoms with Crippen molar-refractivity contribution in [3.05, 3.63) is 25.3 Å². The van der Waals surface area contributed by atoms with Crippen LogP contribution in [-0.4, -0.2) is 85.2 Å². The van der Waals surface area contributed by atoms with Crippen LogP contribution in [0.15, 0.2) is 25.3 Å². The number of carbonyl (C=O) groups is 5. The third kappa shape index (κ3) is 9.92. The molecule has 196 valence electrons. The van der Waals surface area contributed by atoms with Gasteiger partial charge in [-0.2, -0.15) is 0 Å². The smallest absolute Gasteiger partial charge is 0.407 e. The van der Waals surface area contributed by atoms with Gasteiger partial charge in [-0.1, -0.05) is 19.1 Å². The molecule has 0 aromatic carbocycles. The van der Waals surface area contributed by atoms with Crippen LogP contribution in [-0.2, 0) is 19.1 Å². The predicted octanol–water partition coefficient (Wildman–Crippen LogP) is -1.25. The minimum atomic E-state index is -2.21. The number of rotatable bonds is 12. The molecule has 1 aliphatic carbocycles. The van der Waals surface area contributed by atoms with Crippen LogP contribution in [0.5, 0.6) is 0 Å². The van der Waals surface area contributed by atoms with Crippen LogP contribution in [0, 0.1) is 0 Å². The number of urea groups is 1. The van der Waals surface area contributed by atoms with E-state index in [0.717, 1.165) is 0 Å². The third-order valence-corrected chi connectivity index (χ3v) is 4.84. The van der Waals surface area contributed by atoms with E-state index >= 15 is 0 Å². The monoisotopic (exact) mass is 498 g/mol. The van der Waals surface area contributed by atoms with Crippen molar-refractivity contribution < 1.29 is 38.6 Å². The van der Waals surface area contributed by atoms with Gasteiger partial charge in [-0.05, 0) is 6.42 Å². The molecule has 4 unspecified atom stereocenters. The molecule has 0 aromatic rings. The van der Waals surface area contributed by atoms with E-state index in [0.29, 0.717) is 13.0 Å². The van der Waals surface area contributed by atoms with Crippen LogP contribution >= 0.6 is 0 Å². The predicted molar refractivity (Wildman–Crippen MR) is 124 cm³/mol. The second kappa shape index (κ2) is 14.5. The summed E-state index contributed by atoms with van der Waals surface area (Å²) >= 11 is 0. The SMILES string of the molecule is C=CCNC(=O)OC1CC(O)(C(=O)NCC(N)=O)CC(NC(=O)NCCC)C1OC(=O)NCC=C. The zero-order chi connectivity index (χ0) is 26.4. The van der Waals surface area contributed by atoms with Gasteiger partial charge < -0.3 is 46.9 Å². The lowest BCUT2D eigenvalue weighted by Gasteiger charge is -2.43. The maximum absolute atomic E-state index is 12.7. The zero-order valence-corrected chi connectivity index (χ0v) is 19.6. The lowest BCUT2D eigenvalue weighted by atomic mass is 9.77. The van der Waals surface area contributed by atoms with Crippen molar-refractivity contribution in [3.63, 3.8) is 0 Å². The first-order chi connectivity index (χ1) is 16.6. The largest absolute Gasteiger partial charge is 0.442 e. The second-order valence-electron chi connectivity index (χ2n) is 7.75. The van der Waals surface area contributed by atoms with Gasteiger partial charge in [0.2, 0.25) is 5.91 Å². The number of ether oxygens (including phenoxy) is 2. The Kier molecular flexibility index (Phi) is 12.1. The molecule has 1 saturated carbocycles. The number of nitrogens with one attached hydrogen (secondary N) is 5. The molecular formula is C21H34N6O8. The van der Waals surface area contributed by atoms with Gasteiger partial charge in [0.25, 0.3) is 5.91 Å². The molecule has 0 saturated heterocycles. The van der Waals surface area contributed by atoms with Crippen LogP contribution in [0.2, 0.25) is 0 Å². The first kappa shape index (κ1) is 29.2. The summed E-state index contributed by atoms with van der Waals surface area (Å²) in [5.41, 5.74) is 2.84. The topological polar surface area (TPSA) is 210 Å². The van der Waals surface area contributed by atoms with Crippen molar-refractivity contribution >= 4 is 30.0 Å². The molecule has 0 aromatic heterocycles. The molecule has 14 heteroatoms. The quantitative estimate of drug-likeness (QED) is 0.161. The Labute approximate surface area is 203 Å². The molecule has 1 rings (SSSR count). The van der Waals surface area contributed by atoms with Crippen LogP contribution in [0.1, 0.15) is 26.2 Å². The Hall–Kier alpha value is -3.81. The van der Waals surface area contributed by atoms with E-state index in [1.54, 1.807) is 0 Å². The van der Waals surface area contributed by atoms with E-state index in [2.05, 4.69) is 39.7 Å². The fourth-order valence-electron chi connectivity index (χ4n) is 3.30. The Balaban J connectivity index is 3.27. The lowest BCUT2D eigenvalue weighted by molar-refractivity contribution is -0.158. The molecule has 0 aliphatic heterocycles. The van der Waals surface area contributed by atoms with Crippen molar-refractivity contribution in [3.8, 4) is 0 Å². The summed E-state index contributed by atoms with van der Waals surface area (Å²) < 4.78 is 10.8. The molecule has 4 atom stereocenters. The van der Waals surface area contributed by atoms with E-state index in [1.165, 1.54) is 12.2 Å². The standard InChI is InChI=1S/C21H34N6O8/c1-4-7-23-18(30)27-13-10-21(33,17(29)26-12-15(22)28)11-14(34-19(31)24-8-5-2)16(13)35-20(32)25-9-6-3/h5-6,13-14,16,33H,2-4,7-12H2,1H3,(H2,22,28)(H,24,31)(H,25,32)(H,26,29)(H2,23,27,30). The number of nitrogens with two attached hydrogens (primary N) is 1. The number of alkyl carbamates (subject to hydrolysis) is 2. The molecule has 1 aliphatic rings. The normalized spacial score (nSPS) is 23.1. The number of hydrogen-bond acceptors (Lipinski definition) is 8. The summed E-state index contributed by atoms with van der Waals surface area (Å²) in [6, 6.07) is -1.83. The number of amides is 6. The lowest BCUT2D eigenvalue weighted by Crippen LogP contribution is -2.65. The summed E-state index contributed by atoms with van der Waals surface area (Å²) in [6.07, 6.45) is -1.99. The fraction of sp³-hybridized carbons (Fsp3) is 0.571. The Bertz CT molecular complexity index is 807. The molecule has 35 heavy (non-hydrogen) atoms. The first-order valence-corrected chi connectivity index (χ1v) is 11.0. The zero-order valence-electron chi connectivity index (χ0n) is 19.6. The Morgan fingerprint density at radius 3 is 2.14 bits per heavy atom. The van der Waals surface area contributed by atoms with Crippen molar-refractivity contribution in [2.24, 2.45) is 5.73 Å². The number of aliphatic hydroxyl groups is 1. The van der Waals surface area contributed by atoms with E-state index in [4.69, 9.17) is 15.2 Å². The minimum Gasteiger partial charge on any atom is -0.442 e. The molecule has 0 radical (unpaired) electrons. The van der Waals surface area contributed by atoms with Crippen LogP contribution in [0.25, 0.3) is 0 Å². The van der Waals surface area contributed by atoms with Gasteiger partial charge in [0.15, 0.2) is 6.10 Å². The maximum Gasteiger partial charge on any atom is 0.407 e. The van der Waals surface area contributed by atoms with Gasteiger partial charge in [0.05, 0.1) is 12.6 Å². The molecule has 0 heterocycles. The molecule has 1 fully saturated rings. The second-order valence-corrected chi connectivity index (χ2v) is 7.75. The van der Waals surface area contributed by atoms with E-state index in [-0.39, 0.29) is 13.1 Å². The van der Waals surface area contributed by atoms with E-state index in [9.17, 15) is 29.1 Å². The molecule has 8 N–H and O–H groups in total. The average Bonchev–Trinajstić information content (AvgIpc) is 2.80. The summed E-state index contributed by atoms with van der Waals surface area (Å²) in [6.45, 7) is 8.70. The molecular weight excluding hydrogens is 464 g/mol. The number of hydrogen-bond donors (Lipinski definition) is 7. The fourth-order valence-corrected chi connectivity index (χ4v) is 3.30. The molecule has 0 spiro atoms. The van der Waals surface area contributed by atoms with Gasteiger partial charge in [0.1, 0.15) is 11.7 Å².